The van der Waals surface area contributed by atoms with Crippen molar-refractivity contribution in [3.63, 3.8) is 0 Å². The number of amides is 4. The van der Waals surface area contributed by atoms with Crippen LogP contribution in [-0.4, -0.2) is 75.5 Å². The molecule has 170 valence electrons. The summed E-state index contributed by atoms with van der Waals surface area (Å²) in [5.74, 6) is -2.15. The Kier molecular flexibility index (Phi) is 5.67. The molecule has 0 bridgehead atoms. The molecule has 4 amide bonds. The molecule has 2 aliphatic rings. The summed E-state index contributed by atoms with van der Waals surface area (Å²) in [4.78, 5) is 65.9. The summed E-state index contributed by atoms with van der Waals surface area (Å²) < 4.78 is 0. The Hall–Kier alpha value is -4.08. The highest BCUT2D eigenvalue weighted by atomic mass is 16.6. The van der Waals surface area contributed by atoms with Crippen molar-refractivity contribution in [1.82, 2.24) is 14.7 Å². The maximum absolute atomic E-state index is 13.1. The van der Waals surface area contributed by atoms with E-state index in [1.165, 1.54) is 24.0 Å². The second-order valence-electron chi connectivity index (χ2n) is 8.10. The molecule has 0 aromatic heterocycles. The monoisotopic (exact) mass is 450 g/mol. The smallest absolute Gasteiger partial charge is 0.282 e. The number of nitro groups is 1. The summed E-state index contributed by atoms with van der Waals surface area (Å²) in [5, 5.41) is 11.3. The highest BCUT2D eigenvalue weighted by molar-refractivity contribution is 6.24. The van der Waals surface area contributed by atoms with E-state index in [1.54, 1.807) is 17.0 Å². The molecule has 0 saturated carbocycles. The van der Waals surface area contributed by atoms with Crippen molar-refractivity contribution in [3.8, 4) is 0 Å². The molecule has 4 rings (SSSR count). The van der Waals surface area contributed by atoms with E-state index >= 15 is 0 Å². The molecule has 2 aromatic rings. The van der Waals surface area contributed by atoms with Crippen LogP contribution in [0.1, 0.15) is 43.6 Å². The highest BCUT2D eigenvalue weighted by Gasteiger charge is 2.45. The highest BCUT2D eigenvalue weighted by Crippen LogP contribution is 2.32. The molecule has 0 aliphatic carbocycles. The van der Waals surface area contributed by atoms with Gasteiger partial charge in [0.15, 0.2) is 0 Å². The Labute approximate surface area is 189 Å². The predicted octanol–water partition coefficient (Wildman–Crippen LogP) is 1.87. The molecule has 0 radical (unpaired) electrons. The van der Waals surface area contributed by atoms with Gasteiger partial charge in [0.05, 0.1) is 10.5 Å². The lowest BCUT2D eigenvalue weighted by molar-refractivity contribution is -0.385. The standard InChI is InChI=1S/C23H22N4O6/c1-14-6-8-16(9-7-14)21(29)25-12-10-24(11-13-25)20(28)15(2)26-22(30)17-4-3-5-18(27(32)33)19(17)23(26)31/h3-9,15H,10-13H2,1-2H3. The van der Waals surface area contributed by atoms with E-state index in [2.05, 4.69) is 0 Å². The zero-order valence-corrected chi connectivity index (χ0v) is 18.2. The van der Waals surface area contributed by atoms with Crippen LogP contribution in [0.3, 0.4) is 0 Å². The van der Waals surface area contributed by atoms with Crippen molar-refractivity contribution in [2.75, 3.05) is 26.2 Å². The van der Waals surface area contributed by atoms with Gasteiger partial charge < -0.3 is 9.80 Å². The van der Waals surface area contributed by atoms with Crippen molar-refractivity contribution in [2.24, 2.45) is 0 Å². The number of rotatable bonds is 4. The molecule has 10 heteroatoms. The first kappa shape index (κ1) is 22.1. The van der Waals surface area contributed by atoms with Gasteiger partial charge in [-0.15, -0.1) is 0 Å². The molecule has 0 spiro atoms. The molecule has 10 nitrogen and oxygen atoms in total. The molecule has 1 unspecified atom stereocenters. The minimum Gasteiger partial charge on any atom is -0.337 e. The summed E-state index contributed by atoms with van der Waals surface area (Å²) in [7, 11) is 0. The third-order valence-corrected chi connectivity index (χ3v) is 6.04. The fourth-order valence-corrected chi connectivity index (χ4v) is 4.17. The van der Waals surface area contributed by atoms with Crippen LogP contribution >= 0.6 is 0 Å². The summed E-state index contributed by atoms with van der Waals surface area (Å²) in [5.41, 5.74) is 0.787. The summed E-state index contributed by atoms with van der Waals surface area (Å²) >= 11 is 0. The molecule has 0 N–H and O–H groups in total. The van der Waals surface area contributed by atoms with E-state index in [9.17, 15) is 29.3 Å². The average Bonchev–Trinajstić information content (AvgIpc) is 3.08. The normalized spacial score (nSPS) is 16.6. The number of carbonyl (C=O) groups excluding carboxylic acids is 4. The first-order chi connectivity index (χ1) is 15.7. The van der Waals surface area contributed by atoms with Gasteiger partial charge in [0.2, 0.25) is 5.91 Å². The molecule has 1 fully saturated rings. The van der Waals surface area contributed by atoms with Crippen LogP contribution in [0, 0.1) is 17.0 Å². The van der Waals surface area contributed by atoms with Crippen molar-refractivity contribution in [3.05, 3.63) is 74.8 Å². The van der Waals surface area contributed by atoms with Gasteiger partial charge in [-0.3, -0.25) is 34.2 Å². The number of benzene rings is 2. The van der Waals surface area contributed by atoms with E-state index in [0.717, 1.165) is 16.5 Å². The molecule has 1 atom stereocenters. The number of fused-ring (bicyclic) bond motifs is 1. The minimum absolute atomic E-state index is 0.0811. The number of carbonyl (C=O) groups is 4. The molecule has 2 aromatic carbocycles. The minimum atomic E-state index is -1.13. The number of hydrogen-bond acceptors (Lipinski definition) is 6. The van der Waals surface area contributed by atoms with Crippen LogP contribution in [0.2, 0.25) is 0 Å². The fourth-order valence-electron chi connectivity index (χ4n) is 4.17. The Morgan fingerprint density at radius 1 is 0.939 bits per heavy atom. The lowest BCUT2D eigenvalue weighted by Crippen LogP contribution is -2.56. The third kappa shape index (κ3) is 3.84. The Morgan fingerprint density at radius 3 is 2.15 bits per heavy atom. The third-order valence-electron chi connectivity index (χ3n) is 6.04. The van der Waals surface area contributed by atoms with Gasteiger partial charge in [-0.1, -0.05) is 23.8 Å². The largest absolute Gasteiger partial charge is 0.337 e. The van der Waals surface area contributed by atoms with Gasteiger partial charge in [-0.25, -0.2) is 0 Å². The first-order valence-electron chi connectivity index (χ1n) is 10.5. The van der Waals surface area contributed by atoms with Gasteiger partial charge in [-0.2, -0.15) is 0 Å². The van der Waals surface area contributed by atoms with E-state index in [4.69, 9.17) is 0 Å². The summed E-state index contributed by atoms with van der Waals surface area (Å²) in [6, 6.07) is 9.96. The lowest BCUT2D eigenvalue weighted by Gasteiger charge is -2.37. The van der Waals surface area contributed by atoms with Crippen LogP contribution in [0.4, 0.5) is 5.69 Å². The number of hydrogen-bond donors (Lipinski definition) is 0. The van der Waals surface area contributed by atoms with Gasteiger partial charge in [0.1, 0.15) is 11.6 Å². The predicted molar refractivity (Wildman–Crippen MR) is 117 cm³/mol. The quantitative estimate of drug-likeness (QED) is 0.398. The number of piperazine rings is 1. The second kappa shape index (κ2) is 8.45. The fraction of sp³-hybridized carbons (Fsp3) is 0.304. The molecule has 2 heterocycles. The van der Waals surface area contributed by atoms with Crippen LogP contribution < -0.4 is 0 Å². The number of imide groups is 1. The van der Waals surface area contributed by atoms with Gasteiger partial charge >= 0.3 is 0 Å². The molecule has 2 aliphatic heterocycles. The zero-order chi connectivity index (χ0) is 23.9. The first-order valence-corrected chi connectivity index (χ1v) is 10.5. The number of aryl methyl sites for hydroxylation is 1. The molecule has 1 saturated heterocycles. The molecular formula is C23H22N4O6. The Balaban J connectivity index is 1.44. The van der Waals surface area contributed by atoms with Crippen molar-refractivity contribution >= 4 is 29.3 Å². The molecule has 33 heavy (non-hydrogen) atoms. The Bertz CT molecular complexity index is 1170. The molecular weight excluding hydrogens is 428 g/mol. The second-order valence-corrected chi connectivity index (χ2v) is 8.10. The van der Waals surface area contributed by atoms with E-state index < -0.39 is 34.4 Å². The van der Waals surface area contributed by atoms with Crippen molar-refractivity contribution in [2.45, 2.75) is 19.9 Å². The van der Waals surface area contributed by atoms with E-state index in [-0.39, 0.29) is 30.1 Å². The van der Waals surface area contributed by atoms with Crippen LogP contribution in [0.5, 0.6) is 0 Å². The van der Waals surface area contributed by atoms with Crippen molar-refractivity contribution < 1.29 is 24.1 Å². The van der Waals surface area contributed by atoms with Crippen molar-refractivity contribution in [1.29, 1.82) is 0 Å². The zero-order valence-electron chi connectivity index (χ0n) is 18.2. The van der Waals surface area contributed by atoms with E-state index in [0.29, 0.717) is 18.7 Å². The number of nitro benzene ring substituents is 1. The summed E-state index contributed by atoms with van der Waals surface area (Å²) in [6.45, 7) is 4.51. The maximum Gasteiger partial charge on any atom is 0.282 e. The van der Waals surface area contributed by atoms with E-state index in [1.807, 2.05) is 19.1 Å². The lowest BCUT2D eigenvalue weighted by atomic mass is 10.1. The van der Waals surface area contributed by atoms with Gasteiger partial charge in [0.25, 0.3) is 23.4 Å². The van der Waals surface area contributed by atoms with Gasteiger partial charge in [0, 0.05) is 37.8 Å². The summed E-state index contributed by atoms with van der Waals surface area (Å²) in [6.07, 6.45) is 0. The number of nitrogens with zero attached hydrogens (tertiary/aromatic N) is 4. The Morgan fingerprint density at radius 2 is 1.55 bits per heavy atom. The topological polar surface area (TPSA) is 121 Å². The maximum atomic E-state index is 13.1. The SMILES string of the molecule is Cc1ccc(C(=O)N2CCN(C(=O)C(C)N3C(=O)c4cccc([N+](=O)[O-])c4C3=O)CC2)cc1. The van der Waals surface area contributed by atoms with Gasteiger partial charge in [-0.05, 0) is 32.0 Å². The van der Waals surface area contributed by atoms with Crippen LogP contribution in [-0.2, 0) is 4.79 Å². The average molecular weight is 450 g/mol. The van der Waals surface area contributed by atoms with Crippen LogP contribution in [0.15, 0.2) is 42.5 Å². The van der Waals surface area contributed by atoms with Crippen LogP contribution in [0.25, 0.3) is 0 Å².